The number of hydrogen-bond donors (Lipinski definition) is 8. The van der Waals surface area contributed by atoms with E-state index < -0.39 is 12.1 Å². The maximum absolute atomic E-state index is 12.5. The van der Waals surface area contributed by atoms with Crippen molar-refractivity contribution in [2.45, 2.75) is 144 Å². The Morgan fingerprint density at radius 2 is 1.14 bits per heavy atom. The summed E-state index contributed by atoms with van der Waals surface area (Å²) < 4.78 is 37.5. The van der Waals surface area contributed by atoms with E-state index in [9.17, 15) is 37.1 Å². The van der Waals surface area contributed by atoms with Gasteiger partial charge in [-0.2, -0.15) is 36.7 Å². The van der Waals surface area contributed by atoms with E-state index in [-0.39, 0.29) is 53.0 Å². The number of nitrogens with zero attached hydrogens (tertiary/aromatic N) is 2. The van der Waals surface area contributed by atoms with Gasteiger partial charge in [-0.15, -0.1) is 0 Å². The summed E-state index contributed by atoms with van der Waals surface area (Å²) in [7, 11) is 0. The monoisotopic (exact) mass is 832 g/mol. The number of carbonyl (C=O) groups excluding carboxylic acids is 5. The van der Waals surface area contributed by atoms with Crippen molar-refractivity contribution in [3.8, 4) is 0 Å². The number of amides is 5. The van der Waals surface area contributed by atoms with Gasteiger partial charge in [0, 0.05) is 73.9 Å². The van der Waals surface area contributed by atoms with E-state index in [0.29, 0.717) is 87.7 Å². The van der Waals surface area contributed by atoms with Gasteiger partial charge in [0.15, 0.2) is 11.9 Å². The van der Waals surface area contributed by atoms with Crippen molar-refractivity contribution < 1.29 is 37.1 Å². The molecule has 6 atom stereocenters. The third-order valence-corrected chi connectivity index (χ3v) is 13.1. The average molecular weight is 833 g/mol. The number of alkyl halides is 3. The molecule has 0 radical (unpaired) electrons. The largest absolute Gasteiger partial charge is 0.471 e. The van der Waals surface area contributed by atoms with E-state index >= 15 is 0 Å². The molecule has 0 bridgehead atoms. The molecule has 15 nitrogen and oxygen atoms in total. The molecule has 0 aliphatic carbocycles. The van der Waals surface area contributed by atoms with Crippen molar-refractivity contribution in [3.63, 3.8) is 0 Å². The van der Waals surface area contributed by atoms with Crippen LogP contribution in [-0.2, 0) is 24.0 Å². The van der Waals surface area contributed by atoms with Crippen LogP contribution in [-0.4, -0.2) is 120 Å². The van der Waals surface area contributed by atoms with Crippen molar-refractivity contribution in [1.82, 2.24) is 37.2 Å². The van der Waals surface area contributed by atoms with Gasteiger partial charge in [-0.3, -0.25) is 29.3 Å². The van der Waals surface area contributed by atoms with Crippen molar-refractivity contribution in [3.05, 3.63) is 0 Å². The van der Waals surface area contributed by atoms with Gasteiger partial charge in [-0.05, 0) is 51.4 Å². The second-order valence-corrected chi connectivity index (χ2v) is 17.2. The van der Waals surface area contributed by atoms with Crippen molar-refractivity contribution in [1.29, 1.82) is 0 Å². The number of rotatable bonds is 25. The summed E-state index contributed by atoms with van der Waals surface area (Å²) >= 11 is 3.63. The summed E-state index contributed by atoms with van der Waals surface area (Å²) in [5.41, 5.74) is 5.79. The first-order valence-electron chi connectivity index (χ1n) is 20.0. The Morgan fingerprint density at radius 1 is 0.643 bits per heavy atom. The topological polar surface area (TPSA) is 220 Å². The smallest absolute Gasteiger partial charge is 0.370 e. The average Bonchev–Trinajstić information content (AvgIpc) is 3.92. The predicted octanol–water partition coefficient (Wildman–Crippen LogP) is 1.95. The fourth-order valence-corrected chi connectivity index (χ4v) is 10.2. The van der Waals surface area contributed by atoms with E-state index in [1.54, 1.807) is 17.1 Å². The molecular formula is C36H59F3N10O5S2. The van der Waals surface area contributed by atoms with Crippen LogP contribution >= 0.6 is 23.5 Å². The van der Waals surface area contributed by atoms with Gasteiger partial charge in [0.2, 0.25) is 23.6 Å². The number of guanidine groups is 2. The molecule has 0 spiro atoms. The molecule has 4 heterocycles. The Balaban J connectivity index is 0.863. The zero-order chi connectivity index (χ0) is 40.3. The van der Waals surface area contributed by atoms with Crippen molar-refractivity contribution >= 4 is 65.0 Å². The molecule has 4 aliphatic heterocycles. The highest BCUT2D eigenvalue weighted by molar-refractivity contribution is 8.00. The van der Waals surface area contributed by atoms with Crippen LogP contribution in [0.5, 0.6) is 0 Å². The molecule has 4 aliphatic rings. The van der Waals surface area contributed by atoms with Gasteiger partial charge in [0.05, 0.1) is 24.2 Å². The molecule has 5 amide bonds. The molecule has 0 aromatic heterocycles. The Kier molecular flexibility index (Phi) is 19.2. The summed E-state index contributed by atoms with van der Waals surface area (Å²) in [4.78, 5) is 68.4. The zero-order valence-electron chi connectivity index (χ0n) is 32.0. The van der Waals surface area contributed by atoms with Gasteiger partial charge in [-0.25, -0.2) is 9.98 Å². The molecule has 316 valence electrons. The van der Waals surface area contributed by atoms with E-state index in [1.807, 2.05) is 11.8 Å². The number of thioether (sulfide) groups is 2. The van der Waals surface area contributed by atoms with Crippen LogP contribution in [0.2, 0.25) is 0 Å². The SMILES string of the molecule is NC1=N[C@H]2[C@H](CS[C@H]2CCCCC(=O)NCCCCCC(=O)NCCNC(=O)CCCCCNC(=O)CCCC[C@@H]2SC[C@@H]3N=C(NC(=O)C(F)(F)F)N[C@@H]32)N1. The molecule has 0 aromatic carbocycles. The van der Waals surface area contributed by atoms with Gasteiger partial charge in [0.1, 0.15) is 0 Å². The fraction of sp³-hybridized carbons (Fsp3) is 0.806. The summed E-state index contributed by atoms with van der Waals surface area (Å²) in [5, 5.41) is 20.0. The van der Waals surface area contributed by atoms with E-state index in [2.05, 4.69) is 41.9 Å². The lowest BCUT2D eigenvalue weighted by molar-refractivity contribution is -0.171. The lowest BCUT2D eigenvalue weighted by Gasteiger charge is -2.19. The number of hydrogen-bond acceptors (Lipinski definition) is 12. The van der Waals surface area contributed by atoms with Crippen LogP contribution in [0, 0.1) is 0 Å². The number of fused-ring (bicyclic) bond motifs is 2. The van der Waals surface area contributed by atoms with Gasteiger partial charge >= 0.3 is 12.1 Å². The first kappa shape index (κ1) is 45.3. The lowest BCUT2D eigenvalue weighted by Crippen LogP contribution is -2.48. The normalized spacial score (nSPS) is 23.6. The molecule has 2 fully saturated rings. The number of carbonyl (C=O) groups is 5. The number of aliphatic imine (C=N–C) groups is 2. The molecule has 4 rings (SSSR count). The lowest BCUT2D eigenvalue weighted by atomic mass is 10.0. The van der Waals surface area contributed by atoms with E-state index in [4.69, 9.17) is 5.73 Å². The molecule has 9 N–H and O–H groups in total. The Hall–Kier alpha value is -3.42. The van der Waals surface area contributed by atoms with Crippen LogP contribution in [0.3, 0.4) is 0 Å². The number of halogens is 3. The van der Waals surface area contributed by atoms with Crippen molar-refractivity contribution in [2.24, 2.45) is 15.7 Å². The fourth-order valence-electron chi connectivity index (χ4n) is 7.13. The standard InChI is InChI=1S/C36H59F3N10O5S2/c37-36(38,39)33(54)49-35-46-24-22-56-26(32(24)48-35)12-6-8-16-28(51)42-18-10-2-4-14-30(53)44-20-19-43-29(52)13-3-1-9-17-41-27(50)15-7-5-11-25-31-23(21-55-25)45-34(40)47-31/h23-26,31-32H,1-22H2,(H,41,50)(H,42,51)(H,43,52)(H,44,53)(H3,40,45,47)(H2,46,48,49,54)/t23-,24-,25-,26-,31-,32-/m0/s1. The number of unbranched alkanes of at least 4 members (excludes halogenated alkanes) is 6. The highest BCUT2D eigenvalue weighted by Crippen LogP contribution is 2.36. The third-order valence-electron chi connectivity index (χ3n) is 10.1. The molecule has 0 saturated carbocycles. The molecule has 0 aromatic rings. The quantitative estimate of drug-likeness (QED) is 0.0626. The van der Waals surface area contributed by atoms with Gasteiger partial charge in [-0.1, -0.05) is 25.7 Å². The maximum Gasteiger partial charge on any atom is 0.471 e. The Bertz CT molecular complexity index is 1390. The molecule has 56 heavy (non-hydrogen) atoms. The minimum absolute atomic E-state index is 0.0380. The molecule has 2 saturated heterocycles. The maximum atomic E-state index is 12.5. The third kappa shape index (κ3) is 16.2. The second-order valence-electron chi connectivity index (χ2n) is 14.7. The minimum atomic E-state index is -4.97. The van der Waals surface area contributed by atoms with E-state index in [0.717, 1.165) is 70.0 Å². The van der Waals surface area contributed by atoms with Crippen LogP contribution in [0.15, 0.2) is 9.98 Å². The number of nitrogens with two attached hydrogens (primary N) is 1. The first-order chi connectivity index (χ1) is 26.9. The summed E-state index contributed by atoms with van der Waals surface area (Å²) in [6.07, 6.45) is 6.52. The minimum Gasteiger partial charge on any atom is -0.370 e. The molecular weight excluding hydrogens is 774 g/mol. The first-order valence-corrected chi connectivity index (χ1v) is 22.1. The van der Waals surface area contributed by atoms with Crippen LogP contribution in [0.4, 0.5) is 13.2 Å². The molecule has 0 unspecified atom stereocenters. The van der Waals surface area contributed by atoms with Crippen LogP contribution in [0.25, 0.3) is 0 Å². The Labute approximate surface area is 335 Å². The summed E-state index contributed by atoms with van der Waals surface area (Å²) in [5.74, 6) is -0.0437. The predicted molar refractivity (Wildman–Crippen MR) is 213 cm³/mol. The number of nitrogens with one attached hydrogen (secondary N) is 7. The van der Waals surface area contributed by atoms with Crippen LogP contribution < -0.4 is 43.0 Å². The second kappa shape index (κ2) is 23.7. The Morgan fingerprint density at radius 3 is 1.70 bits per heavy atom. The van der Waals surface area contributed by atoms with Gasteiger partial charge < -0.3 is 37.6 Å². The highest BCUT2D eigenvalue weighted by Gasteiger charge is 2.44. The van der Waals surface area contributed by atoms with Crippen molar-refractivity contribution in [2.75, 3.05) is 37.7 Å². The highest BCUT2D eigenvalue weighted by atomic mass is 32.2. The molecule has 20 heteroatoms. The summed E-state index contributed by atoms with van der Waals surface area (Å²) in [6.45, 7) is 1.86. The van der Waals surface area contributed by atoms with E-state index in [1.165, 1.54) is 0 Å². The van der Waals surface area contributed by atoms with Gasteiger partial charge in [0.25, 0.3) is 0 Å². The zero-order valence-corrected chi connectivity index (χ0v) is 33.6. The summed E-state index contributed by atoms with van der Waals surface area (Å²) in [6, 6.07) is 0.300. The van der Waals surface area contributed by atoms with Crippen LogP contribution in [0.1, 0.15) is 103 Å².